The van der Waals surface area contributed by atoms with Gasteiger partial charge in [0.2, 0.25) is 5.91 Å². The van der Waals surface area contributed by atoms with E-state index in [0.717, 1.165) is 43.7 Å². The molecule has 0 spiro atoms. The van der Waals surface area contributed by atoms with Gasteiger partial charge in [-0.15, -0.1) is 0 Å². The fraction of sp³-hybridized carbons (Fsp3) is 0.579. The van der Waals surface area contributed by atoms with Crippen LogP contribution >= 0.6 is 0 Å². The van der Waals surface area contributed by atoms with E-state index in [1.54, 1.807) is 12.1 Å². The summed E-state index contributed by atoms with van der Waals surface area (Å²) < 4.78 is 8.24. The molecule has 46 heavy (non-hydrogen) atoms. The Labute approximate surface area is 273 Å². The fourth-order valence-electron chi connectivity index (χ4n) is 9.67. The Kier molecular flexibility index (Phi) is 7.25. The number of benzene rings is 2. The van der Waals surface area contributed by atoms with Crippen LogP contribution in [-0.4, -0.2) is 84.1 Å². The molecule has 8 heteroatoms. The number of hydrogen-bond donors (Lipinski definition) is 1. The van der Waals surface area contributed by atoms with Crippen LogP contribution in [0.3, 0.4) is 0 Å². The van der Waals surface area contributed by atoms with E-state index in [1.165, 1.54) is 59.9 Å². The molecule has 1 N–H and O–H groups in total. The van der Waals surface area contributed by atoms with Gasteiger partial charge >= 0.3 is 0 Å². The first-order valence-corrected chi connectivity index (χ1v) is 17.6. The third-order valence-electron chi connectivity index (χ3n) is 11.7. The molecule has 4 unspecified atom stereocenters. The van der Waals surface area contributed by atoms with Crippen molar-refractivity contribution >= 4 is 22.7 Å². The molecule has 4 heterocycles. The zero-order valence-corrected chi connectivity index (χ0v) is 28.1. The number of nitrogens with zero attached hydrogens (tertiary/aromatic N) is 4. The average Bonchev–Trinajstić information content (AvgIpc) is 3.28. The quantitative estimate of drug-likeness (QED) is 0.327. The molecular formula is C38H49N5O3. The first-order chi connectivity index (χ1) is 22.2. The monoisotopic (exact) mass is 623 g/mol. The summed E-state index contributed by atoms with van der Waals surface area (Å²) in [5, 5.41) is 2.92. The van der Waals surface area contributed by atoms with Crippen molar-refractivity contribution in [2.24, 2.45) is 11.3 Å². The van der Waals surface area contributed by atoms with Crippen LogP contribution in [0.25, 0.3) is 22.2 Å². The number of hydrazine groups is 1. The predicted octanol–water partition coefficient (Wildman–Crippen LogP) is 6.00. The van der Waals surface area contributed by atoms with Crippen LogP contribution in [0, 0.1) is 11.3 Å². The van der Waals surface area contributed by atoms with Crippen molar-refractivity contribution in [2.45, 2.75) is 89.3 Å². The first kappa shape index (κ1) is 30.0. The largest absolute Gasteiger partial charge is 0.497 e. The van der Waals surface area contributed by atoms with Crippen LogP contribution < -0.4 is 10.2 Å². The van der Waals surface area contributed by atoms with Crippen LogP contribution in [0.5, 0.6) is 5.75 Å². The Hall–Kier alpha value is -3.36. The molecule has 2 aromatic carbocycles. The van der Waals surface area contributed by atoms with E-state index >= 15 is 0 Å². The maximum Gasteiger partial charge on any atom is 0.265 e. The second-order valence-corrected chi connectivity index (χ2v) is 15.5. The van der Waals surface area contributed by atoms with E-state index in [-0.39, 0.29) is 11.8 Å². The molecule has 244 valence electrons. The summed E-state index contributed by atoms with van der Waals surface area (Å²) in [5.74, 6) is 2.32. The molecule has 5 aliphatic rings. The SMILES string of the molecule is COc1ccc2c(c1)C1CC1(C(=O)N1CC3CC1CN3CC(C)C)Cn1c-2c(C2CCCCC2)c2ccc(C(=O)NN(C)C)cc21. The molecule has 2 saturated carbocycles. The Morgan fingerprint density at radius 2 is 1.85 bits per heavy atom. The van der Waals surface area contributed by atoms with Gasteiger partial charge < -0.3 is 14.2 Å². The molecule has 8 nitrogen and oxygen atoms in total. The number of nitrogens with one attached hydrogen (secondary N) is 1. The lowest BCUT2D eigenvalue weighted by Crippen LogP contribution is -2.52. The topological polar surface area (TPSA) is 70.0 Å². The highest BCUT2D eigenvalue weighted by Crippen LogP contribution is 2.66. The highest BCUT2D eigenvalue weighted by Gasteiger charge is 2.65. The molecule has 3 aliphatic heterocycles. The van der Waals surface area contributed by atoms with Gasteiger partial charge in [0.1, 0.15) is 5.75 Å². The summed E-state index contributed by atoms with van der Waals surface area (Å²) in [6.45, 7) is 8.17. The number of ether oxygens (including phenoxy) is 1. The fourth-order valence-corrected chi connectivity index (χ4v) is 9.67. The zero-order chi connectivity index (χ0) is 31.9. The molecule has 4 fully saturated rings. The van der Waals surface area contributed by atoms with E-state index in [4.69, 9.17) is 4.74 Å². The van der Waals surface area contributed by atoms with Crippen LogP contribution in [0.2, 0.25) is 0 Å². The highest BCUT2D eigenvalue weighted by atomic mass is 16.5. The predicted molar refractivity (Wildman–Crippen MR) is 181 cm³/mol. The van der Waals surface area contributed by atoms with Crippen LogP contribution in [0.15, 0.2) is 36.4 Å². The molecule has 2 saturated heterocycles. The molecule has 2 amide bonds. The number of carbonyl (C=O) groups is 2. The van der Waals surface area contributed by atoms with E-state index in [1.807, 2.05) is 20.2 Å². The molecule has 1 aromatic heterocycles. The van der Waals surface area contributed by atoms with E-state index in [2.05, 4.69) is 64.0 Å². The average molecular weight is 624 g/mol. The van der Waals surface area contributed by atoms with E-state index < -0.39 is 5.41 Å². The van der Waals surface area contributed by atoms with E-state index in [9.17, 15) is 9.59 Å². The van der Waals surface area contributed by atoms with Gasteiger partial charge in [0.25, 0.3) is 5.91 Å². The molecule has 0 radical (unpaired) electrons. The van der Waals surface area contributed by atoms with Gasteiger partial charge in [-0.25, -0.2) is 5.01 Å². The maximum atomic E-state index is 14.9. The lowest BCUT2D eigenvalue weighted by atomic mass is 9.81. The normalized spacial score (nSPS) is 27.1. The Balaban J connectivity index is 1.27. The van der Waals surface area contributed by atoms with Gasteiger partial charge in [-0.05, 0) is 79.0 Å². The van der Waals surface area contributed by atoms with Gasteiger partial charge in [-0.2, -0.15) is 0 Å². The standard InChI is InChI=1S/C38H49N5O3/c1-23(2)19-41-20-27-16-26(41)21-42(27)37(45)38-18-32(38)31-17-28(46-5)12-14-29(31)35-34(24-9-7-6-8-10-24)30-13-11-25(36(44)39-40(3)4)15-33(30)43(35)22-38/h11-15,17,23-24,26-27,32H,6-10,16,18-22H2,1-5H3,(H,39,44). The summed E-state index contributed by atoms with van der Waals surface area (Å²) in [5.41, 5.74) is 9.32. The maximum absolute atomic E-state index is 14.9. The third kappa shape index (κ3) is 4.69. The van der Waals surface area contributed by atoms with Gasteiger partial charge in [-0.3, -0.25) is 19.9 Å². The molecule has 2 bridgehead atoms. The van der Waals surface area contributed by atoms with Crippen molar-refractivity contribution in [1.82, 2.24) is 24.8 Å². The number of fused-ring (bicyclic) bond motifs is 9. The van der Waals surface area contributed by atoms with Crippen LogP contribution in [0.4, 0.5) is 0 Å². The minimum atomic E-state index is -0.489. The second kappa shape index (κ2) is 11.1. The smallest absolute Gasteiger partial charge is 0.265 e. The first-order valence-electron chi connectivity index (χ1n) is 17.6. The number of aromatic nitrogens is 1. The van der Waals surface area contributed by atoms with Crippen molar-refractivity contribution in [1.29, 1.82) is 0 Å². The number of piperazine rings is 1. The van der Waals surface area contributed by atoms with Crippen molar-refractivity contribution in [3.05, 3.63) is 53.1 Å². The summed E-state index contributed by atoms with van der Waals surface area (Å²) in [6.07, 6.45) is 8.08. The summed E-state index contributed by atoms with van der Waals surface area (Å²) in [6, 6.07) is 13.6. The third-order valence-corrected chi connectivity index (χ3v) is 11.7. The van der Waals surface area contributed by atoms with Crippen molar-refractivity contribution in [2.75, 3.05) is 40.8 Å². The summed E-state index contributed by atoms with van der Waals surface area (Å²) in [7, 11) is 5.40. The van der Waals surface area contributed by atoms with Crippen LogP contribution in [-0.2, 0) is 11.3 Å². The lowest BCUT2D eigenvalue weighted by Gasteiger charge is -2.37. The lowest BCUT2D eigenvalue weighted by molar-refractivity contribution is -0.140. The van der Waals surface area contributed by atoms with Gasteiger partial charge in [0.05, 0.1) is 18.2 Å². The van der Waals surface area contributed by atoms with E-state index in [0.29, 0.717) is 41.9 Å². The number of carbonyl (C=O) groups excluding carboxylic acids is 2. The number of hydrogen-bond acceptors (Lipinski definition) is 5. The number of likely N-dealkylation sites (tertiary alicyclic amines) is 2. The number of rotatable bonds is 7. The second-order valence-electron chi connectivity index (χ2n) is 15.5. The minimum absolute atomic E-state index is 0.116. The Morgan fingerprint density at radius 3 is 2.54 bits per heavy atom. The molecule has 3 aromatic rings. The van der Waals surface area contributed by atoms with Gasteiger partial charge in [0, 0.05) is 80.3 Å². The van der Waals surface area contributed by atoms with Crippen LogP contribution in [0.1, 0.15) is 92.1 Å². The highest BCUT2D eigenvalue weighted by molar-refractivity contribution is 6.01. The zero-order valence-electron chi connectivity index (χ0n) is 28.1. The number of amides is 2. The Bertz CT molecular complexity index is 1700. The van der Waals surface area contributed by atoms with Crippen molar-refractivity contribution in [3.8, 4) is 17.0 Å². The summed E-state index contributed by atoms with van der Waals surface area (Å²) in [4.78, 5) is 33.1. The molecule has 8 rings (SSSR count). The molecular weight excluding hydrogens is 574 g/mol. The van der Waals surface area contributed by atoms with Crippen molar-refractivity contribution < 1.29 is 14.3 Å². The van der Waals surface area contributed by atoms with Gasteiger partial charge in [0.15, 0.2) is 0 Å². The minimum Gasteiger partial charge on any atom is -0.497 e. The molecule has 4 atom stereocenters. The summed E-state index contributed by atoms with van der Waals surface area (Å²) >= 11 is 0. The van der Waals surface area contributed by atoms with Crippen molar-refractivity contribution in [3.63, 3.8) is 0 Å². The number of methoxy groups -OCH3 is 1. The van der Waals surface area contributed by atoms with Gasteiger partial charge in [-0.1, -0.05) is 39.2 Å². The molecule has 2 aliphatic carbocycles. The Morgan fingerprint density at radius 1 is 1.04 bits per heavy atom.